The van der Waals surface area contributed by atoms with Crippen molar-refractivity contribution in [3.05, 3.63) is 47.7 Å². The minimum Gasteiger partial charge on any atom is -0.472 e. The van der Waals surface area contributed by atoms with Gasteiger partial charge in [-0.25, -0.2) is 4.98 Å². The summed E-state index contributed by atoms with van der Waals surface area (Å²) in [5, 5.41) is 0. The van der Waals surface area contributed by atoms with E-state index in [4.69, 9.17) is 15.2 Å². The smallest absolute Gasteiger partial charge is 0.213 e. The van der Waals surface area contributed by atoms with Crippen LogP contribution in [0.4, 0.5) is 0 Å². The van der Waals surface area contributed by atoms with Crippen molar-refractivity contribution in [2.45, 2.75) is 31.4 Å². The van der Waals surface area contributed by atoms with Gasteiger partial charge in [0.1, 0.15) is 6.10 Å². The minimum absolute atomic E-state index is 0.136. The molecule has 4 nitrogen and oxygen atoms in total. The van der Waals surface area contributed by atoms with Crippen LogP contribution in [0.5, 0.6) is 5.88 Å². The van der Waals surface area contributed by atoms with E-state index < -0.39 is 0 Å². The quantitative estimate of drug-likeness (QED) is 0.946. The van der Waals surface area contributed by atoms with E-state index in [0.29, 0.717) is 12.5 Å². The van der Waals surface area contributed by atoms with E-state index >= 15 is 0 Å². The van der Waals surface area contributed by atoms with Gasteiger partial charge in [-0.2, -0.15) is 0 Å². The maximum atomic E-state index is 6.16. The molecule has 114 valence electrons. The van der Waals surface area contributed by atoms with E-state index in [1.54, 1.807) is 0 Å². The van der Waals surface area contributed by atoms with Gasteiger partial charge in [0.05, 0.1) is 13.2 Å². The Balaban J connectivity index is 1.58. The van der Waals surface area contributed by atoms with E-state index in [9.17, 15) is 0 Å². The first-order valence-corrected chi connectivity index (χ1v) is 7.89. The Bertz CT molecular complexity index is 663. The first-order chi connectivity index (χ1) is 10.8. The highest BCUT2D eigenvalue weighted by atomic mass is 16.5. The van der Waals surface area contributed by atoms with Crippen molar-refractivity contribution >= 4 is 0 Å². The van der Waals surface area contributed by atoms with Gasteiger partial charge in [-0.15, -0.1) is 0 Å². The van der Waals surface area contributed by atoms with E-state index in [1.807, 2.05) is 12.3 Å². The summed E-state index contributed by atoms with van der Waals surface area (Å²) in [7, 11) is 0. The van der Waals surface area contributed by atoms with Gasteiger partial charge in [-0.3, -0.25) is 0 Å². The molecule has 0 spiro atoms. The Morgan fingerprint density at radius 1 is 1.18 bits per heavy atom. The molecule has 1 aromatic heterocycles. The summed E-state index contributed by atoms with van der Waals surface area (Å²) < 4.78 is 11.1. The van der Waals surface area contributed by atoms with Crippen LogP contribution in [0.15, 0.2) is 36.5 Å². The molecule has 2 aromatic rings. The fraction of sp³-hybridized carbons (Fsp3) is 0.389. The molecule has 1 aromatic carbocycles. The van der Waals surface area contributed by atoms with Gasteiger partial charge >= 0.3 is 0 Å². The van der Waals surface area contributed by atoms with Crippen LogP contribution in [-0.2, 0) is 11.2 Å². The lowest BCUT2D eigenvalue weighted by molar-refractivity contribution is 0.138. The zero-order chi connectivity index (χ0) is 14.9. The standard InChI is InChI=1S/C18H20N2O2/c19-17-6-5-15-14(2-1-3-16(15)17)12-4-7-18(20-10-12)22-13-8-9-21-11-13/h1-4,7,10,13,17H,5-6,8-9,11,19H2/t13-,17?/m1/s1. The molecule has 22 heavy (non-hydrogen) atoms. The molecule has 0 amide bonds. The normalized spacial score (nSPS) is 23.5. The van der Waals surface area contributed by atoms with E-state index in [0.717, 1.165) is 31.4 Å². The van der Waals surface area contributed by atoms with Crippen molar-refractivity contribution in [2.24, 2.45) is 5.73 Å². The number of hydrogen-bond acceptors (Lipinski definition) is 4. The van der Waals surface area contributed by atoms with Crippen LogP contribution in [0, 0.1) is 0 Å². The number of nitrogens with two attached hydrogens (primary N) is 1. The monoisotopic (exact) mass is 296 g/mol. The lowest BCUT2D eigenvalue weighted by atomic mass is 9.97. The minimum atomic E-state index is 0.136. The van der Waals surface area contributed by atoms with Crippen molar-refractivity contribution < 1.29 is 9.47 Å². The maximum absolute atomic E-state index is 6.16. The number of nitrogens with zero attached hydrogens (tertiary/aromatic N) is 1. The summed E-state index contributed by atoms with van der Waals surface area (Å²) >= 11 is 0. The number of aromatic nitrogens is 1. The molecule has 1 saturated heterocycles. The second-order valence-corrected chi connectivity index (χ2v) is 6.01. The molecule has 0 bridgehead atoms. The maximum Gasteiger partial charge on any atom is 0.213 e. The highest BCUT2D eigenvalue weighted by Gasteiger charge is 2.22. The fourth-order valence-corrected chi connectivity index (χ4v) is 3.34. The number of hydrogen-bond donors (Lipinski definition) is 1. The average Bonchev–Trinajstić information content (AvgIpc) is 3.18. The molecular weight excluding hydrogens is 276 g/mol. The number of ether oxygens (including phenoxy) is 2. The third-order valence-corrected chi connectivity index (χ3v) is 4.54. The molecule has 1 unspecified atom stereocenters. The first kappa shape index (κ1) is 13.7. The number of pyridine rings is 1. The Labute approximate surface area is 130 Å². The molecule has 1 aliphatic heterocycles. The molecule has 0 saturated carbocycles. The summed E-state index contributed by atoms with van der Waals surface area (Å²) in [5.41, 5.74) is 11.2. The Kier molecular flexibility index (Phi) is 3.56. The summed E-state index contributed by atoms with van der Waals surface area (Å²) in [4.78, 5) is 4.45. The first-order valence-electron chi connectivity index (χ1n) is 7.89. The summed E-state index contributed by atoms with van der Waals surface area (Å²) in [5.74, 6) is 0.670. The largest absolute Gasteiger partial charge is 0.472 e. The van der Waals surface area contributed by atoms with Gasteiger partial charge in [0.2, 0.25) is 5.88 Å². The lowest BCUT2D eigenvalue weighted by Gasteiger charge is -2.12. The van der Waals surface area contributed by atoms with Crippen molar-refractivity contribution in [1.82, 2.24) is 4.98 Å². The molecule has 4 heteroatoms. The second kappa shape index (κ2) is 5.71. The van der Waals surface area contributed by atoms with E-state index in [1.165, 1.54) is 16.7 Å². The predicted octanol–water partition coefficient (Wildman–Crippen LogP) is 2.86. The molecule has 1 aliphatic carbocycles. The van der Waals surface area contributed by atoms with Crippen molar-refractivity contribution in [1.29, 1.82) is 0 Å². The summed E-state index contributed by atoms with van der Waals surface area (Å²) in [6, 6.07) is 10.6. The van der Waals surface area contributed by atoms with Gasteiger partial charge in [-0.1, -0.05) is 18.2 Å². The highest BCUT2D eigenvalue weighted by molar-refractivity contribution is 5.69. The Morgan fingerprint density at radius 2 is 2.14 bits per heavy atom. The average molecular weight is 296 g/mol. The van der Waals surface area contributed by atoms with Gasteiger partial charge in [0.25, 0.3) is 0 Å². The molecule has 2 heterocycles. The van der Waals surface area contributed by atoms with Crippen molar-refractivity contribution in [3.8, 4) is 17.0 Å². The number of fused-ring (bicyclic) bond motifs is 1. The Hall–Kier alpha value is -1.91. The molecule has 4 rings (SSSR count). The fourth-order valence-electron chi connectivity index (χ4n) is 3.34. The van der Waals surface area contributed by atoms with Gasteiger partial charge in [0.15, 0.2) is 0 Å². The van der Waals surface area contributed by atoms with Gasteiger partial charge in [0, 0.05) is 30.3 Å². The topological polar surface area (TPSA) is 57.4 Å². The van der Waals surface area contributed by atoms with Gasteiger partial charge < -0.3 is 15.2 Å². The van der Waals surface area contributed by atoms with Crippen LogP contribution in [0.2, 0.25) is 0 Å². The summed E-state index contributed by atoms with van der Waals surface area (Å²) in [6.45, 7) is 1.44. The SMILES string of the molecule is NC1CCc2c(-c3ccc(O[C@@H]4CCOC4)nc3)cccc21. The molecule has 2 atom stereocenters. The van der Waals surface area contributed by atoms with Crippen LogP contribution < -0.4 is 10.5 Å². The zero-order valence-corrected chi connectivity index (χ0v) is 12.5. The molecule has 2 aliphatic rings. The number of rotatable bonds is 3. The number of benzene rings is 1. The third kappa shape index (κ3) is 2.49. The van der Waals surface area contributed by atoms with Crippen molar-refractivity contribution in [3.63, 3.8) is 0 Å². The van der Waals surface area contributed by atoms with E-state index in [2.05, 4.69) is 29.2 Å². The Morgan fingerprint density at radius 3 is 2.91 bits per heavy atom. The molecule has 1 fully saturated rings. The third-order valence-electron chi connectivity index (χ3n) is 4.54. The highest BCUT2D eigenvalue weighted by Crippen LogP contribution is 2.36. The lowest BCUT2D eigenvalue weighted by Crippen LogP contribution is -2.16. The van der Waals surface area contributed by atoms with E-state index in [-0.39, 0.29) is 12.1 Å². The zero-order valence-electron chi connectivity index (χ0n) is 12.5. The van der Waals surface area contributed by atoms with Crippen LogP contribution in [-0.4, -0.2) is 24.3 Å². The van der Waals surface area contributed by atoms with Crippen LogP contribution >= 0.6 is 0 Å². The van der Waals surface area contributed by atoms with Gasteiger partial charge in [-0.05, 0) is 35.6 Å². The van der Waals surface area contributed by atoms with Crippen LogP contribution in [0.25, 0.3) is 11.1 Å². The molecule has 0 radical (unpaired) electrons. The molecule has 2 N–H and O–H groups in total. The molecular formula is C18H20N2O2. The van der Waals surface area contributed by atoms with Crippen molar-refractivity contribution in [2.75, 3.05) is 13.2 Å². The summed E-state index contributed by atoms with van der Waals surface area (Å²) in [6.07, 6.45) is 5.04. The van der Waals surface area contributed by atoms with Crippen LogP contribution in [0.3, 0.4) is 0 Å². The van der Waals surface area contributed by atoms with Crippen LogP contribution in [0.1, 0.15) is 30.0 Å². The second-order valence-electron chi connectivity index (χ2n) is 6.01. The predicted molar refractivity (Wildman–Crippen MR) is 84.8 cm³/mol.